The Kier molecular flexibility index (Phi) is 6.20. The van der Waals surface area contributed by atoms with Crippen molar-refractivity contribution < 1.29 is 14.6 Å². The molecular formula is C23H26N6O3. The monoisotopic (exact) mass is 434 g/mol. The van der Waals surface area contributed by atoms with Gasteiger partial charge in [0.05, 0.1) is 19.4 Å². The lowest BCUT2D eigenvalue weighted by molar-refractivity contribution is 0.100. The van der Waals surface area contributed by atoms with Gasteiger partial charge in [0, 0.05) is 25.0 Å². The number of anilines is 4. The minimum Gasteiger partial charge on any atom is -0.495 e. The Morgan fingerprint density at radius 2 is 2.09 bits per heavy atom. The Balaban J connectivity index is 1.67. The number of primary amides is 1. The fourth-order valence-corrected chi connectivity index (χ4v) is 3.72. The molecule has 9 nitrogen and oxygen atoms in total. The van der Waals surface area contributed by atoms with E-state index < -0.39 is 5.91 Å². The van der Waals surface area contributed by atoms with Crippen LogP contribution in [0.25, 0.3) is 0 Å². The van der Waals surface area contributed by atoms with E-state index in [1.807, 2.05) is 18.2 Å². The van der Waals surface area contributed by atoms with Gasteiger partial charge in [0.1, 0.15) is 17.1 Å². The van der Waals surface area contributed by atoms with Crippen molar-refractivity contribution in [3.63, 3.8) is 0 Å². The molecule has 32 heavy (non-hydrogen) atoms. The number of nitrogens with zero attached hydrogens (tertiary/aromatic N) is 3. The highest BCUT2D eigenvalue weighted by Crippen LogP contribution is 2.33. The fourth-order valence-electron chi connectivity index (χ4n) is 3.72. The Bertz CT molecular complexity index is 1150. The van der Waals surface area contributed by atoms with E-state index >= 15 is 0 Å². The van der Waals surface area contributed by atoms with Crippen LogP contribution in [0.2, 0.25) is 0 Å². The second kappa shape index (κ2) is 9.21. The highest BCUT2D eigenvalue weighted by molar-refractivity contribution is 5.98. The summed E-state index contributed by atoms with van der Waals surface area (Å²) in [5, 5.41) is 15.7. The summed E-state index contributed by atoms with van der Waals surface area (Å²) < 4.78 is 5.58. The Hall–Kier alpha value is -3.69. The summed E-state index contributed by atoms with van der Waals surface area (Å²) in [6, 6.07) is 11.3. The highest BCUT2D eigenvalue weighted by atomic mass is 16.5. The number of amides is 1. The summed E-state index contributed by atoms with van der Waals surface area (Å²) in [5.74, 6) is 0.604. The van der Waals surface area contributed by atoms with Crippen molar-refractivity contribution >= 4 is 29.0 Å². The third kappa shape index (κ3) is 4.63. The molecule has 1 amide bonds. The molecule has 0 saturated carbocycles. The van der Waals surface area contributed by atoms with Gasteiger partial charge in [-0.3, -0.25) is 4.79 Å². The van der Waals surface area contributed by atoms with Crippen molar-refractivity contribution in [3.05, 3.63) is 64.8 Å². The van der Waals surface area contributed by atoms with Gasteiger partial charge in [-0.05, 0) is 54.4 Å². The van der Waals surface area contributed by atoms with Gasteiger partial charge in [0.2, 0.25) is 5.95 Å². The fraction of sp³-hybridized carbons (Fsp3) is 0.261. The molecule has 4 rings (SSSR count). The van der Waals surface area contributed by atoms with Crippen LogP contribution < -0.4 is 21.1 Å². The average Bonchev–Trinajstić information content (AvgIpc) is 2.78. The summed E-state index contributed by atoms with van der Waals surface area (Å²) in [4.78, 5) is 22.9. The first kappa shape index (κ1) is 21.5. The molecule has 0 saturated heterocycles. The molecule has 1 aliphatic heterocycles. The standard InChI is InChI=1S/C23H26N6O3/c1-29-7-6-15-10-20(32-2)19(9-16(15)12-29)27-23-25-11-18(21(24)31)22(28-23)26-17-5-3-4-14(8-17)13-30/h3-5,8-11,30H,6-7,12-13H2,1-2H3,(H2,24,31)(H2,25,26,27,28). The SMILES string of the molecule is COc1cc2c(cc1Nc1ncc(C(N)=O)c(Nc3cccc(CO)c3)n1)CN(C)CC2. The van der Waals surface area contributed by atoms with Gasteiger partial charge in [-0.1, -0.05) is 12.1 Å². The van der Waals surface area contributed by atoms with Crippen LogP contribution in [0.4, 0.5) is 23.1 Å². The van der Waals surface area contributed by atoms with Crippen molar-refractivity contribution in [2.75, 3.05) is 31.3 Å². The second-order valence-corrected chi connectivity index (χ2v) is 7.74. The molecule has 0 unspecified atom stereocenters. The number of hydrogen-bond donors (Lipinski definition) is 4. The van der Waals surface area contributed by atoms with E-state index in [1.54, 1.807) is 25.3 Å². The number of aliphatic hydroxyl groups is 1. The highest BCUT2D eigenvalue weighted by Gasteiger charge is 2.18. The third-order valence-electron chi connectivity index (χ3n) is 5.40. The smallest absolute Gasteiger partial charge is 0.254 e. The number of nitrogens with one attached hydrogen (secondary N) is 2. The van der Waals surface area contributed by atoms with Crippen molar-refractivity contribution in [1.29, 1.82) is 0 Å². The first-order valence-electron chi connectivity index (χ1n) is 10.3. The molecule has 2 heterocycles. The minimum atomic E-state index is -0.647. The summed E-state index contributed by atoms with van der Waals surface area (Å²) in [7, 11) is 3.72. The maximum atomic E-state index is 11.9. The van der Waals surface area contributed by atoms with E-state index in [9.17, 15) is 9.90 Å². The van der Waals surface area contributed by atoms with Crippen LogP contribution in [-0.2, 0) is 19.6 Å². The number of hydrogen-bond acceptors (Lipinski definition) is 8. The van der Waals surface area contributed by atoms with Gasteiger partial charge in [0.15, 0.2) is 0 Å². The van der Waals surface area contributed by atoms with E-state index in [1.165, 1.54) is 17.3 Å². The molecular weight excluding hydrogens is 408 g/mol. The molecule has 1 aliphatic rings. The molecule has 3 aromatic rings. The zero-order valence-corrected chi connectivity index (χ0v) is 18.1. The number of carbonyl (C=O) groups excluding carboxylic acids is 1. The number of rotatable bonds is 7. The van der Waals surface area contributed by atoms with E-state index in [0.29, 0.717) is 17.4 Å². The van der Waals surface area contributed by atoms with Crippen LogP contribution >= 0.6 is 0 Å². The van der Waals surface area contributed by atoms with Gasteiger partial charge in [-0.2, -0.15) is 4.98 Å². The zero-order valence-electron chi connectivity index (χ0n) is 18.1. The average molecular weight is 435 g/mol. The first-order chi connectivity index (χ1) is 15.5. The second-order valence-electron chi connectivity index (χ2n) is 7.74. The normalized spacial score (nSPS) is 13.3. The number of carbonyl (C=O) groups is 1. The summed E-state index contributed by atoms with van der Waals surface area (Å²) in [6.07, 6.45) is 2.35. The molecule has 1 aromatic heterocycles. The third-order valence-corrected chi connectivity index (χ3v) is 5.40. The van der Waals surface area contributed by atoms with E-state index in [4.69, 9.17) is 10.5 Å². The van der Waals surface area contributed by atoms with Crippen molar-refractivity contribution in [1.82, 2.24) is 14.9 Å². The molecule has 2 aromatic carbocycles. The lowest BCUT2D eigenvalue weighted by Gasteiger charge is -2.26. The van der Waals surface area contributed by atoms with Crippen molar-refractivity contribution in [2.24, 2.45) is 5.73 Å². The molecule has 166 valence electrons. The van der Waals surface area contributed by atoms with Crippen molar-refractivity contribution in [3.8, 4) is 5.75 Å². The van der Waals surface area contributed by atoms with E-state index in [2.05, 4.69) is 32.5 Å². The van der Waals surface area contributed by atoms with Crippen LogP contribution in [0.15, 0.2) is 42.6 Å². The summed E-state index contributed by atoms with van der Waals surface area (Å²) >= 11 is 0. The topological polar surface area (TPSA) is 126 Å². The quantitative estimate of drug-likeness (QED) is 0.447. The molecule has 0 bridgehead atoms. The zero-order chi connectivity index (χ0) is 22.7. The van der Waals surface area contributed by atoms with Gasteiger partial charge in [-0.25, -0.2) is 4.98 Å². The van der Waals surface area contributed by atoms with Gasteiger partial charge < -0.3 is 31.1 Å². The lowest BCUT2D eigenvalue weighted by Crippen LogP contribution is -2.26. The summed E-state index contributed by atoms with van der Waals surface area (Å²) in [5.41, 5.74) is 10.3. The maximum Gasteiger partial charge on any atom is 0.254 e. The number of aliphatic hydroxyl groups excluding tert-OH is 1. The van der Waals surface area contributed by atoms with Crippen molar-refractivity contribution in [2.45, 2.75) is 19.6 Å². The largest absolute Gasteiger partial charge is 0.495 e. The molecule has 9 heteroatoms. The van der Waals surface area contributed by atoms with Gasteiger partial charge >= 0.3 is 0 Å². The van der Waals surface area contributed by atoms with E-state index in [0.717, 1.165) is 30.8 Å². The Morgan fingerprint density at radius 1 is 1.25 bits per heavy atom. The van der Waals surface area contributed by atoms with Crippen LogP contribution in [-0.4, -0.2) is 46.6 Å². The van der Waals surface area contributed by atoms with Crippen LogP contribution in [0, 0.1) is 0 Å². The number of ether oxygens (including phenoxy) is 1. The van der Waals surface area contributed by atoms with E-state index in [-0.39, 0.29) is 18.0 Å². The number of nitrogens with two attached hydrogens (primary N) is 1. The molecule has 0 spiro atoms. The maximum absolute atomic E-state index is 11.9. The lowest BCUT2D eigenvalue weighted by atomic mass is 9.99. The van der Waals surface area contributed by atoms with Crippen LogP contribution in [0.1, 0.15) is 27.0 Å². The number of benzene rings is 2. The van der Waals surface area contributed by atoms with Gasteiger partial charge in [0.25, 0.3) is 5.91 Å². The molecule has 0 fully saturated rings. The minimum absolute atomic E-state index is 0.0952. The number of aromatic nitrogens is 2. The van der Waals surface area contributed by atoms with Gasteiger partial charge in [-0.15, -0.1) is 0 Å². The summed E-state index contributed by atoms with van der Waals surface area (Å²) in [6.45, 7) is 1.76. The first-order valence-corrected chi connectivity index (χ1v) is 10.3. The molecule has 0 aliphatic carbocycles. The molecule has 5 N–H and O–H groups in total. The predicted molar refractivity (Wildman–Crippen MR) is 123 cm³/mol. The predicted octanol–water partition coefficient (Wildman–Crippen LogP) is 2.55. The Labute approximate surface area is 186 Å². The van der Waals surface area contributed by atoms with Crippen LogP contribution in [0.3, 0.4) is 0 Å². The number of likely N-dealkylation sites (N-methyl/N-ethyl adjacent to an activating group) is 1. The Morgan fingerprint density at radius 3 is 2.84 bits per heavy atom. The number of fused-ring (bicyclic) bond motifs is 1. The van der Waals surface area contributed by atoms with Crippen LogP contribution in [0.5, 0.6) is 5.75 Å². The molecule has 0 radical (unpaired) electrons. The number of methoxy groups -OCH3 is 1. The molecule has 0 atom stereocenters.